The summed E-state index contributed by atoms with van der Waals surface area (Å²) in [5, 5.41) is 11.5. The molecule has 174 valence electrons. The number of hydrogen-bond donors (Lipinski definition) is 1. The maximum absolute atomic E-state index is 13.4. The fraction of sp³-hybridized carbons (Fsp3) is 0.464. The van der Waals surface area contributed by atoms with Gasteiger partial charge in [-0.05, 0) is 60.1 Å². The summed E-state index contributed by atoms with van der Waals surface area (Å²) in [6, 6.07) is 14.1. The minimum atomic E-state index is -0.716. The fourth-order valence-electron chi connectivity index (χ4n) is 5.69. The molecule has 0 spiro atoms. The van der Waals surface area contributed by atoms with Crippen LogP contribution < -0.4 is 9.47 Å². The van der Waals surface area contributed by atoms with Crippen molar-refractivity contribution in [1.29, 1.82) is 0 Å². The van der Waals surface area contributed by atoms with Crippen LogP contribution in [-0.4, -0.2) is 34.9 Å². The van der Waals surface area contributed by atoms with Gasteiger partial charge in [-0.2, -0.15) is 0 Å². The average Bonchev–Trinajstić information content (AvgIpc) is 3.29. The highest BCUT2D eigenvalue weighted by molar-refractivity contribution is 5.92. The Bertz CT molecular complexity index is 1040. The minimum Gasteiger partial charge on any atom is -0.454 e. The zero-order chi connectivity index (χ0) is 23.0. The molecule has 0 radical (unpaired) electrons. The molecule has 1 amide bonds. The largest absolute Gasteiger partial charge is 0.454 e. The van der Waals surface area contributed by atoms with Gasteiger partial charge >= 0.3 is 0 Å². The molecule has 1 N–H and O–H groups in total. The lowest BCUT2D eigenvalue weighted by atomic mass is 9.66. The summed E-state index contributed by atoms with van der Waals surface area (Å²) in [6.07, 6.45) is 8.04. The number of aliphatic hydroxyl groups is 1. The second-order valence-corrected chi connectivity index (χ2v) is 9.95. The van der Waals surface area contributed by atoms with E-state index in [1.165, 1.54) is 5.56 Å². The predicted molar refractivity (Wildman–Crippen MR) is 128 cm³/mol. The van der Waals surface area contributed by atoms with Gasteiger partial charge in [-0.1, -0.05) is 57.0 Å². The minimum absolute atomic E-state index is 0.0155. The van der Waals surface area contributed by atoms with E-state index in [-0.39, 0.29) is 24.7 Å². The van der Waals surface area contributed by atoms with Gasteiger partial charge < -0.3 is 19.5 Å². The van der Waals surface area contributed by atoms with Crippen molar-refractivity contribution < 1.29 is 19.4 Å². The molecule has 2 aliphatic heterocycles. The molecule has 5 heteroatoms. The second kappa shape index (κ2) is 8.86. The third-order valence-corrected chi connectivity index (χ3v) is 7.61. The van der Waals surface area contributed by atoms with E-state index in [2.05, 4.69) is 38.1 Å². The molecule has 1 saturated carbocycles. The van der Waals surface area contributed by atoms with E-state index >= 15 is 0 Å². The molecule has 2 fully saturated rings. The molecule has 1 saturated heterocycles. The van der Waals surface area contributed by atoms with E-state index in [4.69, 9.17) is 9.47 Å². The smallest absolute Gasteiger partial charge is 0.247 e. The SMILES string of the molecule is CC(C)c1ccc(/C=C/C(=O)N2CC[C@]3(O)CCCC[C@@H]3[C@@H]2c2ccc3c(c2)OCO3)cc1. The number of hydrogen-bond acceptors (Lipinski definition) is 4. The van der Waals surface area contributed by atoms with E-state index < -0.39 is 5.60 Å². The summed E-state index contributed by atoms with van der Waals surface area (Å²) in [5.41, 5.74) is 2.59. The van der Waals surface area contributed by atoms with E-state index in [1.54, 1.807) is 6.08 Å². The van der Waals surface area contributed by atoms with Crippen molar-refractivity contribution in [3.63, 3.8) is 0 Å². The Balaban J connectivity index is 1.43. The lowest BCUT2D eigenvalue weighted by Crippen LogP contribution is -2.56. The number of rotatable bonds is 4. The van der Waals surface area contributed by atoms with Crippen LogP contribution in [0.1, 0.15) is 74.6 Å². The number of benzene rings is 2. The molecular weight excluding hydrogens is 414 g/mol. The van der Waals surface area contributed by atoms with Crippen LogP contribution in [0.3, 0.4) is 0 Å². The number of carbonyl (C=O) groups is 1. The third-order valence-electron chi connectivity index (χ3n) is 7.61. The summed E-state index contributed by atoms with van der Waals surface area (Å²) in [7, 11) is 0. The van der Waals surface area contributed by atoms with Crippen LogP contribution in [-0.2, 0) is 4.79 Å². The van der Waals surface area contributed by atoms with E-state index in [1.807, 2.05) is 29.2 Å². The van der Waals surface area contributed by atoms with Gasteiger partial charge in [0, 0.05) is 18.5 Å². The van der Waals surface area contributed by atoms with Crippen molar-refractivity contribution in [1.82, 2.24) is 4.90 Å². The first-order chi connectivity index (χ1) is 15.9. The van der Waals surface area contributed by atoms with Crippen LogP contribution in [0.2, 0.25) is 0 Å². The number of carbonyl (C=O) groups excluding carboxylic acids is 1. The number of likely N-dealkylation sites (tertiary alicyclic amines) is 1. The number of piperidine rings is 1. The van der Waals surface area contributed by atoms with Gasteiger partial charge in [0.1, 0.15) is 0 Å². The highest BCUT2D eigenvalue weighted by atomic mass is 16.7. The van der Waals surface area contributed by atoms with Crippen molar-refractivity contribution in [2.45, 2.75) is 63.5 Å². The van der Waals surface area contributed by atoms with Crippen molar-refractivity contribution >= 4 is 12.0 Å². The van der Waals surface area contributed by atoms with Crippen molar-refractivity contribution in [2.24, 2.45) is 5.92 Å². The molecule has 2 aromatic rings. The maximum Gasteiger partial charge on any atom is 0.247 e. The van der Waals surface area contributed by atoms with Gasteiger partial charge in [-0.25, -0.2) is 0 Å². The van der Waals surface area contributed by atoms with Gasteiger partial charge in [-0.3, -0.25) is 4.79 Å². The van der Waals surface area contributed by atoms with Crippen LogP contribution >= 0.6 is 0 Å². The quantitative estimate of drug-likeness (QED) is 0.634. The van der Waals surface area contributed by atoms with Crippen LogP contribution in [0.4, 0.5) is 0 Å². The first kappa shape index (κ1) is 22.0. The average molecular weight is 448 g/mol. The summed E-state index contributed by atoms with van der Waals surface area (Å²) in [4.78, 5) is 15.4. The Hall–Kier alpha value is -2.79. The summed E-state index contributed by atoms with van der Waals surface area (Å²) >= 11 is 0. The van der Waals surface area contributed by atoms with Gasteiger partial charge in [0.15, 0.2) is 11.5 Å². The molecule has 1 aliphatic carbocycles. The Morgan fingerprint density at radius 3 is 2.67 bits per heavy atom. The van der Waals surface area contributed by atoms with Crippen LogP contribution in [0, 0.1) is 5.92 Å². The zero-order valence-electron chi connectivity index (χ0n) is 19.5. The molecule has 0 unspecified atom stereocenters. The lowest BCUT2D eigenvalue weighted by Gasteiger charge is -2.52. The monoisotopic (exact) mass is 447 g/mol. The van der Waals surface area contributed by atoms with Crippen molar-refractivity contribution in [3.8, 4) is 11.5 Å². The summed E-state index contributed by atoms with van der Waals surface area (Å²) in [6.45, 7) is 5.11. The molecular formula is C28H33NO4. The summed E-state index contributed by atoms with van der Waals surface area (Å²) in [5.74, 6) is 1.93. The molecule has 3 aliphatic rings. The van der Waals surface area contributed by atoms with Crippen LogP contribution in [0.25, 0.3) is 6.08 Å². The number of amides is 1. The summed E-state index contributed by atoms with van der Waals surface area (Å²) < 4.78 is 11.1. The van der Waals surface area contributed by atoms with Crippen LogP contribution in [0.15, 0.2) is 48.5 Å². The molecule has 2 heterocycles. The molecule has 33 heavy (non-hydrogen) atoms. The third kappa shape index (κ3) is 4.26. The Kier molecular flexibility index (Phi) is 5.92. The molecule has 2 aromatic carbocycles. The highest BCUT2D eigenvalue weighted by Gasteiger charge is 2.50. The van der Waals surface area contributed by atoms with Crippen molar-refractivity contribution in [3.05, 3.63) is 65.2 Å². The van der Waals surface area contributed by atoms with E-state index in [9.17, 15) is 9.90 Å². The molecule has 0 aromatic heterocycles. The normalized spacial score (nSPS) is 26.6. The predicted octanol–water partition coefficient (Wildman–Crippen LogP) is 5.45. The van der Waals surface area contributed by atoms with Gasteiger partial charge in [0.05, 0.1) is 11.6 Å². The highest BCUT2D eigenvalue weighted by Crippen LogP contribution is 2.50. The van der Waals surface area contributed by atoms with Gasteiger partial charge in [0.2, 0.25) is 12.7 Å². The number of nitrogens with zero attached hydrogens (tertiary/aromatic N) is 1. The Morgan fingerprint density at radius 1 is 1.09 bits per heavy atom. The first-order valence-electron chi connectivity index (χ1n) is 12.2. The number of ether oxygens (including phenoxy) is 2. The van der Waals surface area contributed by atoms with E-state index in [0.29, 0.717) is 24.6 Å². The first-order valence-corrected chi connectivity index (χ1v) is 12.2. The topological polar surface area (TPSA) is 59.0 Å². The Morgan fingerprint density at radius 2 is 1.88 bits per heavy atom. The fourth-order valence-corrected chi connectivity index (χ4v) is 5.69. The van der Waals surface area contributed by atoms with Crippen LogP contribution in [0.5, 0.6) is 11.5 Å². The lowest BCUT2D eigenvalue weighted by molar-refractivity contribution is -0.150. The van der Waals surface area contributed by atoms with Crippen molar-refractivity contribution in [2.75, 3.05) is 13.3 Å². The molecule has 0 bridgehead atoms. The number of fused-ring (bicyclic) bond motifs is 2. The molecule has 3 atom stereocenters. The Labute approximate surface area is 196 Å². The standard InChI is InChI=1S/C28H33NO4/c1-19(2)21-9-6-20(7-10-21)8-13-26(30)29-16-15-28(31)14-4-3-5-23(28)27(29)22-11-12-24-25(17-22)33-18-32-24/h6-13,17,19,23,27,31H,3-5,14-16,18H2,1-2H3/b13-8+/t23-,27+,28-/m1/s1. The maximum atomic E-state index is 13.4. The molecule has 5 nitrogen and oxygen atoms in total. The zero-order valence-corrected chi connectivity index (χ0v) is 19.5. The van der Waals surface area contributed by atoms with Gasteiger partial charge in [-0.15, -0.1) is 0 Å². The van der Waals surface area contributed by atoms with E-state index in [0.717, 1.165) is 42.6 Å². The molecule has 5 rings (SSSR count). The second-order valence-electron chi connectivity index (χ2n) is 9.95. The van der Waals surface area contributed by atoms with Gasteiger partial charge in [0.25, 0.3) is 0 Å².